The number of aliphatic hydroxyl groups excluding tert-OH is 2. The van der Waals surface area contributed by atoms with Gasteiger partial charge in [0.1, 0.15) is 5.82 Å². The normalized spacial score (nSPS) is 10.8. The van der Waals surface area contributed by atoms with Crippen LogP contribution in [0.3, 0.4) is 0 Å². The van der Waals surface area contributed by atoms with Crippen molar-refractivity contribution in [3.05, 3.63) is 58.4 Å². The lowest BCUT2D eigenvalue weighted by atomic mass is 10.2. The lowest BCUT2D eigenvalue weighted by Gasteiger charge is -2.11. The lowest BCUT2D eigenvalue weighted by Crippen LogP contribution is -1.95. The topological polar surface area (TPSA) is 40.5 Å². The zero-order chi connectivity index (χ0) is 14.5. The largest absolute Gasteiger partial charge is 0.396 e. The summed E-state index contributed by atoms with van der Waals surface area (Å²) in [5.41, 5.74) is 1.47. The highest BCUT2D eigenvalue weighted by molar-refractivity contribution is 7.99. The highest BCUT2D eigenvalue weighted by Gasteiger charge is 2.09. The molecular weight excluding hydrogens is 299 g/mol. The summed E-state index contributed by atoms with van der Waals surface area (Å²) in [6.45, 7) is -0.187. The van der Waals surface area contributed by atoms with Gasteiger partial charge in [0.2, 0.25) is 0 Å². The summed E-state index contributed by atoms with van der Waals surface area (Å²) in [4.78, 5) is 1.72. The van der Waals surface area contributed by atoms with Crippen LogP contribution >= 0.6 is 23.4 Å². The molecule has 20 heavy (non-hydrogen) atoms. The van der Waals surface area contributed by atoms with Crippen LogP contribution in [0.4, 0.5) is 4.39 Å². The Morgan fingerprint density at radius 3 is 2.40 bits per heavy atom. The van der Waals surface area contributed by atoms with Gasteiger partial charge in [-0.25, -0.2) is 4.39 Å². The van der Waals surface area contributed by atoms with E-state index in [0.717, 1.165) is 15.4 Å². The minimum atomic E-state index is -0.370. The summed E-state index contributed by atoms with van der Waals surface area (Å²) in [5.74, 6) is -0.370. The number of hydrogen-bond acceptors (Lipinski definition) is 3. The van der Waals surface area contributed by atoms with E-state index >= 15 is 0 Å². The van der Waals surface area contributed by atoms with Crippen LogP contribution in [-0.2, 0) is 13.0 Å². The molecule has 0 bridgehead atoms. The third-order valence-corrected chi connectivity index (χ3v) is 4.29. The Labute approximate surface area is 126 Å². The van der Waals surface area contributed by atoms with E-state index in [-0.39, 0.29) is 19.0 Å². The van der Waals surface area contributed by atoms with Gasteiger partial charge in [-0.05, 0) is 53.9 Å². The fourth-order valence-corrected chi connectivity index (χ4v) is 3.10. The molecule has 5 heteroatoms. The van der Waals surface area contributed by atoms with Gasteiger partial charge in [-0.1, -0.05) is 23.4 Å². The van der Waals surface area contributed by atoms with E-state index in [4.69, 9.17) is 16.7 Å². The molecule has 0 aromatic heterocycles. The third-order valence-electron chi connectivity index (χ3n) is 2.82. The van der Waals surface area contributed by atoms with Crippen molar-refractivity contribution in [1.29, 1.82) is 0 Å². The fourth-order valence-electron chi connectivity index (χ4n) is 1.85. The maximum atomic E-state index is 13.2. The average molecular weight is 313 g/mol. The molecule has 0 unspecified atom stereocenters. The van der Waals surface area contributed by atoms with Gasteiger partial charge in [-0.3, -0.25) is 0 Å². The first kappa shape index (κ1) is 15.3. The summed E-state index contributed by atoms with van der Waals surface area (Å²) in [7, 11) is 0. The zero-order valence-corrected chi connectivity index (χ0v) is 12.2. The maximum absolute atomic E-state index is 13.2. The Bertz CT molecular complexity index is 604. The van der Waals surface area contributed by atoms with Crippen molar-refractivity contribution in [2.75, 3.05) is 6.61 Å². The average Bonchev–Trinajstić information content (AvgIpc) is 2.43. The van der Waals surface area contributed by atoms with Gasteiger partial charge in [0.25, 0.3) is 0 Å². The molecule has 2 aromatic rings. The van der Waals surface area contributed by atoms with Crippen LogP contribution in [0.1, 0.15) is 11.1 Å². The van der Waals surface area contributed by atoms with E-state index in [1.807, 2.05) is 12.1 Å². The first-order valence-electron chi connectivity index (χ1n) is 6.10. The predicted molar refractivity (Wildman–Crippen MR) is 78.7 cm³/mol. The first-order valence-corrected chi connectivity index (χ1v) is 7.30. The van der Waals surface area contributed by atoms with E-state index in [1.165, 1.54) is 23.9 Å². The van der Waals surface area contributed by atoms with Crippen LogP contribution in [0.2, 0.25) is 5.02 Å². The molecule has 0 atom stereocenters. The number of rotatable bonds is 5. The van der Waals surface area contributed by atoms with Crippen molar-refractivity contribution in [1.82, 2.24) is 0 Å². The third kappa shape index (κ3) is 3.73. The molecule has 0 radical (unpaired) electrons. The lowest BCUT2D eigenvalue weighted by molar-refractivity contribution is 0.278. The molecule has 106 valence electrons. The molecule has 2 N–H and O–H groups in total. The fraction of sp³-hybridized carbons (Fsp3) is 0.200. The van der Waals surface area contributed by atoms with Crippen molar-refractivity contribution in [3.8, 4) is 0 Å². The molecule has 0 aliphatic heterocycles. The Hall–Kier alpha value is -1.07. The molecule has 0 heterocycles. The van der Waals surface area contributed by atoms with E-state index in [1.54, 1.807) is 12.1 Å². The van der Waals surface area contributed by atoms with Crippen LogP contribution in [0.5, 0.6) is 0 Å². The molecule has 2 aromatic carbocycles. The number of aliphatic hydroxyl groups is 2. The summed E-state index contributed by atoms with van der Waals surface area (Å²) in [6.07, 6.45) is 0.499. The minimum absolute atomic E-state index is 0.0319. The van der Waals surface area contributed by atoms with E-state index < -0.39 is 0 Å². The standard InChI is InChI=1S/C15H14ClFO2S/c16-12-1-3-14(10(7-12)5-6-18)20-15-4-2-13(17)8-11(15)9-19/h1-4,7-8,18-19H,5-6,9H2. The Morgan fingerprint density at radius 1 is 1.00 bits per heavy atom. The van der Waals surface area contributed by atoms with Gasteiger partial charge >= 0.3 is 0 Å². The molecule has 0 aliphatic rings. The summed E-state index contributed by atoms with van der Waals surface area (Å²) < 4.78 is 13.2. The second-order valence-corrected chi connectivity index (χ2v) is 5.76. The van der Waals surface area contributed by atoms with Gasteiger partial charge in [0.15, 0.2) is 0 Å². The molecule has 0 aliphatic carbocycles. The van der Waals surface area contributed by atoms with E-state index in [9.17, 15) is 9.50 Å². The Kier molecular flexibility index (Phi) is 5.43. The molecule has 2 rings (SSSR count). The number of benzene rings is 2. The van der Waals surface area contributed by atoms with Gasteiger partial charge in [-0.2, -0.15) is 0 Å². The number of halogens is 2. The van der Waals surface area contributed by atoms with E-state index in [0.29, 0.717) is 17.0 Å². The van der Waals surface area contributed by atoms with Crippen molar-refractivity contribution in [3.63, 3.8) is 0 Å². The molecule has 0 saturated carbocycles. The summed E-state index contributed by atoms with van der Waals surface area (Å²) in [6, 6.07) is 9.77. The molecule has 2 nitrogen and oxygen atoms in total. The second kappa shape index (κ2) is 7.09. The zero-order valence-electron chi connectivity index (χ0n) is 10.6. The molecule has 0 spiro atoms. The SMILES string of the molecule is OCCc1cc(Cl)ccc1Sc1ccc(F)cc1CO. The van der Waals surface area contributed by atoms with Crippen molar-refractivity contribution in [2.24, 2.45) is 0 Å². The predicted octanol–water partition coefficient (Wildman–Crippen LogP) is 3.66. The van der Waals surface area contributed by atoms with Crippen LogP contribution in [-0.4, -0.2) is 16.8 Å². The van der Waals surface area contributed by atoms with Crippen LogP contribution in [0.15, 0.2) is 46.2 Å². The van der Waals surface area contributed by atoms with Gasteiger partial charge in [0.05, 0.1) is 6.61 Å². The quantitative estimate of drug-likeness (QED) is 0.885. The van der Waals surface area contributed by atoms with Crippen molar-refractivity contribution >= 4 is 23.4 Å². The summed E-state index contributed by atoms with van der Waals surface area (Å²) >= 11 is 7.38. The second-order valence-electron chi connectivity index (χ2n) is 4.24. The van der Waals surface area contributed by atoms with Gasteiger partial charge < -0.3 is 10.2 Å². The van der Waals surface area contributed by atoms with Crippen LogP contribution in [0, 0.1) is 5.82 Å². The number of hydrogen-bond donors (Lipinski definition) is 2. The molecule has 0 fully saturated rings. The smallest absolute Gasteiger partial charge is 0.123 e. The highest BCUT2D eigenvalue weighted by atomic mass is 35.5. The van der Waals surface area contributed by atoms with Crippen molar-refractivity contribution in [2.45, 2.75) is 22.8 Å². The maximum Gasteiger partial charge on any atom is 0.123 e. The van der Waals surface area contributed by atoms with Crippen LogP contribution in [0.25, 0.3) is 0 Å². The minimum Gasteiger partial charge on any atom is -0.396 e. The monoisotopic (exact) mass is 312 g/mol. The highest BCUT2D eigenvalue weighted by Crippen LogP contribution is 2.34. The summed E-state index contributed by atoms with van der Waals surface area (Å²) in [5, 5.41) is 19.0. The molecule has 0 saturated heterocycles. The van der Waals surface area contributed by atoms with Gasteiger partial charge in [-0.15, -0.1) is 0 Å². The molecular formula is C15H14ClFO2S. The van der Waals surface area contributed by atoms with Gasteiger partial charge in [0, 0.05) is 21.4 Å². The Balaban J connectivity index is 2.34. The first-order chi connectivity index (χ1) is 9.63. The molecule has 0 amide bonds. The van der Waals surface area contributed by atoms with Crippen molar-refractivity contribution < 1.29 is 14.6 Å². The van der Waals surface area contributed by atoms with E-state index in [2.05, 4.69) is 0 Å². The Morgan fingerprint density at radius 2 is 1.70 bits per heavy atom. The van der Waals surface area contributed by atoms with Crippen LogP contribution < -0.4 is 0 Å².